The molecule has 0 bridgehead atoms. The molecule has 0 heterocycles. The van der Waals surface area contributed by atoms with Gasteiger partial charge < -0.3 is 20.8 Å². The van der Waals surface area contributed by atoms with Crippen molar-refractivity contribution < 1.29 is 39.0 Å². The van der Waals surface area contributed by atoms with E-state index in [0.717, 1.165) is 18.2 Å². The van der Waals surface area contributed by atoms with E-state index in [1.807, 2.05) is 0 Å². The Balaban J connectivity index is 1.58. The largest absolute Gasteiger partial charge is 0.478 e. The lowest BCUT2D eigenvalue weighted by atomic mass is 10.0. The number of nitrogens with zero attached hydrogens (tertiary/aromatic N) is 3. The summed E-state index contributed by atoms with van der Waals surface area (Å²) in [6, 6.07) is 12.0. The topological polar surface area (TPSA) is 219 Å². The molecule has 0 saturated carbocycles. The second-order valence-electron chi connectivity index (χ2n) is 10.8. The van der Waals surface area contributed by atoms with Crippen molar-refractivity contribution in [1.82, 2.24) is 10.2 Å². The number of amides is 2. The van der Waals surface area contributed by atoms with E-state index in [4.69, 9.17) is 0 Å². The Morgan fingerprint density at radius 2 is 1.25 bits per heavy atom. The van der Waals surface area contributed by atoms with Crippen LogP contribution in [-0.2, 0) is 28.8 Å². The van der Waals surface area contributed by atoms with Crippen LogP contribution in [0.5, 0.6) is 0 Å². The number of hydrogen-bond donors (Lipinski definition) is 8. The highest BCUT2D eigenvalue weighted by Gasteiger charge is 2.20. The SMILES string of the molecule is O=C(CN(CCS)CC(=O)Nc1cc(N/N=C2\C=CC(=O)C(C(=O)O)=C2)ccc1-c1ccc(N/N=C2\C=CC(=O)C(C(=O)O)=C2)cc1)NCCS. The normalized spacial score (nSPS) is 15.4. The molecule has 0 unspecified atom stereocenters. The number of allylic oxidation sites excluding steroid dienone is 6. The Hall–Kier alpha value is -5.78. The average Bonchev–Trinajstić information content (AvgIpc) is 3.10. The molecule has 2 aliphatic carbocycles. The van der Waals surface area contributed by atoms with Crippen molar-refractivity contribution in [2.24, 2.45) is 10.2 Å². The second kappa shape index (κ2) is 18.3. The van der Waals surface area contributed by atoms with Gasteiger partial charge in [0.1, 0.15) is 11.1 Å². The van der Waals surface area contributed by atoms with Crippen LogP contribution in [0.2, 0.25) is 0 Å². The van der Waals surface area contributed by atoms with Crippen LogP contribution in [0.4, 0.5) is 17.1 Å². The summed E-state index contributed by atoms with van der Waals surface area (Å²) in [5.74, 6) is -3.79. The first-order valence-electron chi connectivity index (χ1n) is 15.2. The van der Waals surface area contributed by atoms with Crippen LogP contribution in [0.3, 0.4) is 0 Å². The first-order chi connectivity index (χ1) is 24.5. The van der Waals surface area contributed by atoms with E-state index in [0.29, 0.717) is 52.8 Å². The summed E-state index contributed by atoms with van der Waals surface area (Å²) < 4.78 is 0. The van der Waals surface area contributed by atoms with Crippen molar-refractivity contribution in [3.63, 3.8) is 0 Å². The minimum atomic E-state index is -1.38. The Labute approximate surface area is 302 Å². The van der Waals surface area contributed by atoms with Crippen LogP contribution in [-0.4, -0.2) is 99.5 Å². The van der Waals surface area contributed by atoms with E-state index >= 15 is 0 Å². The Kier molecular flexibility index (Phi) is 13.6. The quantitative estimate of drug-likeness (QED) is 0.0543. The third-order valence-corrected chi connectivity index (χ3v) is 7.51. The van der Waals surface area contributed by atoms with Crippen LogP contribution < -0.4 is 21.5 Å². The number of hydrogen-bond acceptors (Lipinski definition) is 13. The highest BCUT2D eigenvalue weighted by molar-refractivity contribution is 7.80. The molecule has 17 heteroatoms. The molecule has 2 aromatic rings. The summed E-state index contributed by atoms with van der Waals surface area (Å²) >= 11 is 8.35. The zero-order chi connectivity index (χ0) is 36.9. The first-order valence-corrected chi connectivity index (χ1v) is 16.5. The number of thiol groups is 2. The molecule has 264 valence electrons. The minimum Gasteiger partial charge on any atom is -0.478 e. The van der Waals surface area contributed by atoms with Gasteiger partial charge in [-0.1, -0.05) is 18.2 Å². The number of nitrogens with one attached hydrogen (secondary N) is 4. The molecule has 0 fully saturated rings. The fourth-order valence-electron chi connectivity index (χ4n) is 4.66. The van der Waals surface area contributed by atoms with Crippen molar-refractivity contribution in [3.8, 4) is 11.1 Å². The van der Waals surface area contributed by atoms with Gasteiger partial charge in [0.15, 0.2) is 11.6 Å². The van der Waals surface area contributed by atoms with Gasteiger partial charge in [-0.15, -0.1) is 0 Å². The molecule has 51 heavy (non-hydrogen) atoms. The third kappa shape index (κ3) is 11.1. The highest BCUT2D eigenvalue weighted by atomic mass is 32.1. The molecule has 6 N–H and O–H groups in total. The Morgan fingerprint density at radius 1 is 0.706 bits per heavy atom. The van der Waals surface area contributed by atoms with Gasteiger partial charge >= 0.3 is 11.9 Å². The molecule has 2 aromatic carbocycles. The predicted molar refractivity (Wildman–Crippen MR) is 200 cm³/mol. The maximum atomic E-state index is 13.3. The molecule has 15 nitrogen and oxygen atoms in total. The standard InChI is InChI=1S/C34H33N7O8S2/c42-29-9-6-22(15-26(29)33(46)47)38-37-21-3-1-20(2-4-21)25-8-5-24(40-39-23-7-10-30(43)27(16-23)34(48)49)17-28(25)36-32(45)19-41(12-14-51)18-31(44)35-11-13-50/h1-10,15-17,37,40,50-51H,11-14,18-19H2,(H,35,44)(H,36,45)(H,46,47)(H,48,49)/b38-22+,39-23+. The van der Waals surface area contributed by atoms with Gasteiger partial charge in [-0.05, 0) is 66.3 Å². The summed E-state index contributed by atoms with van der Waals surface area (Å²) in [6.45, 7) is 0.625. The maximum absolute atomic E-state index is 13.3. The van der Waals surface area contributed by atoms with Gasteiger partial charge in [0.25, 0.3) is 0 Å². The van der Waals surface area contributed by atoms with Crippen molar-refractivity contribution in [1.29, 1.82) is 0 Å². The monoisotopic (exact) mass is 731 g/mol. The summed E-state index contributed by atoms with van der Waals surface area (Å²) in [5.41, 5.74) is 7.92. The number of hydrazone groups is 2. The van der Waals surface area contributed by atoms with Gasteiger partial charge in [-0.25, -0.2) is 9.59 Å². The minimum absolute atomic E-state index is 0.0201. The molecular weight excluding hydrogens is 699 g/mol. The third-order valence-electron chi connectivity index (χ3n) is 7.09. The van der Waals surface area contributed by atoms with Gasteiger partial charge in [0.2, 0.25) is 11.8 Å². The van der Waals surface area contributed by atoms with Crippen LogP contribution >= 0.6 is 25.3 Å². The number of benzene rings is 2. The van der Waals surface area contributed by atoms with E-state index in [-0.39, 0.29) is 30.4 Å². The van der Waals surface area contributed by atoms with E-state index in [9.17, 15) is 39.0 Å². The number of carbonyl (C=O) groups excluding carboxylic acids is 4. The van der Waals surface area contributed by atoms with Crippen LogP contribution in [0.25, 0.3) is 11.1 Å². The van der Waals surface area contributed by atoms with E-state index < -0.39 is 40.6 Å². The number of rotatable bonds is 16. The first kappa shape index (κ1) is 38.0. The van der Waals surface area contributed by atoms with Crippen LogP contribution in [0.15, 0.2) is 100 Å². The van der Waals surface area contributed by atoms with Crippen molar-refractivity contribution in [3.05, 3.63) is 90.1 Å². The molecule has 2 amide bonds. The van der Waals surface area contributed by atoms with Gasteiger partial charge in [-0.3, -0.25) is 34.9 Å². The highest BCUT2D eigenvalue weighted by Crippen LogP contribution is 2.32. The Bertz CT molecular complexity index is 1920. The average molecular weight is 732 g/mol. The van der Waals surface area contributed by atoms with Gasteiger partial charge in [-0.2, -0.15) is 35.5 Å². The molecule has 0 radical (unpaired) electrons. The van der Waals surface area contributed by atoms with E-state index in [1.54, 1.807) is 47.4 Å². The molecule has 2 aliphatic rings. The van der Waals surface area contributed by atoms with Gasteiger partial charge in [0, 0.05) is 30.2 Å². The predicted octanol–water partition coefficient (Wildman–Crippen LogP) is 2.41. The Morgan fingerprint density at radius 3 is 1.80 bits per heavy atom. The molecule has 0 atom stereocenters. The molecule has 0 aliphatic heterocycles. The lowest BCUT2D eigenvalue weighted by molar-refractivity contribution is -0.135. The fourth-order valence-corrected chi connectivity index (χ4v) is 5.06. The molecule has 4 rings (SSSR count). The lowest BCUT2D eigenvalue weighted by Gasteiger charge is -2.21. The number of carboxylic acid groups (broad SMARTS) is 2. The summed E-state index contributed by atoms with van der Waals surface area (Å²) in [6.07, 6.45) is 7.30. The summed E-state index contributed by atoms with van der Waals surface area (Å²) in [7, 11) is 0. The number of carbonyl (C=O) groups is 6. The molecule has 0 saturated heterocycles. The number of carboxylic acids is 2. The van der Waals surface area contributed by atoms with Crippen molar-refractivity contribution >= 4 is 89.1 Å². The number of aliphatic carboxylic acids is 2. The maximum Gasteiger partial charge on any atom is 0.339 e. The summed E-state index contributed by atoms with van der Waals surface area (Å²) in [5, 5.41) is 32.5. The van der Waals surface area contributed by atoms with E-state index in [2.05, 4.69) is 56.9 Å². The lowest BCUT2D eigenvalue weighted by Crippen LogP contribution is -2.42. The van der Waals surface area contributed by atoms with Crippen molar-refractivity contribution in [2.45, 2.75) is 0 Å². The van der Waals surface area contributed by atoms with Crippen LogP contribution in [0.1, 0.15) is 0 Å². The smallest absolute Gasteiger partial charge is 0.339 e. The number of ketones is 2. The molecular formula is C34H33N7O8S2. The van der Waals surface area contributed by atoms with Crippen LogP contribution in [0, 0.1) is 0 Å². The fraction of sp³-hybridized carbons (Fsp3) is 0.176. The molecule has 0 spiro atoms. The van der Waals surface area contributed by atoms with Crippen molar-refractivity contribution in [2.75, 3.05) is 53.9 Å². The second-order valence-corrected chi connectivity index (χ2v) is 11.7. The zero-order valence-corrected chi connectivity index (χ0v) is 28.6. The zero-order valence-electron chi connectivity index (χ0n) is 26.8. The number of anilines is 3. The van der Waals surface area contributed by atoms with E-state index in [1.165, 1.54) is 18.2 Å². The summed E-state index contributed by atoms with van der Waals surface area (Å²) in [4.78, 5) is 73.6. The van der Waals surface area contributed by atoms with Gasteiger partial charge in [0.05, 0.1) is 41.6 Å². The molecule has 0 aromatic heterocycles.